The van der Waals surface area contributed by atoms with Crippen molar-refractivity contribution in [1.82, 2.24) is 24.3 Å². The summed E-state index contributed by atoms with van der Waals surface area (Å²) < 4.78 is 12.5. The Kier molecular flexibility index (Phi) is 6.13. The van der Waals surface area contributed by atoms with Crippen molar-refractivity contribution >= 4 is 17.1 Å². The molecule has 0 spiro atoms. The molecule has 10 nitrogen and oxygen atoms in total. The lowest BCUT2D eigenvalue weighted by Gasteiger charge is -2.37. The molecule has 4 heterocycles. The van der Waals surface area contributed by atoms with Gasteiger partial charge >= 0.3 is 6.09 Å². The van der Waals surface area contributed by atoms with E-state index in [2.05, 4.69) is 14.9 Å². The van der Waals surface area contributed by atoms with E-state index >= 15 is 0 Å². The monoisotopic (exact) mass is 463 g/mol. The quantitative estimate of drug-likeness (QED) is 0.594. The summed E-state index contributed by atoms with van der Waals surface area (Å²) in [5.41, 5.74) is 2.17. The molecule has 0 aliphatic carbocycles. The van der Waals surface area contributed by atoms with Gasteiger partial charge in [0.2, 0.25) is 0 Å². The van der Waals surface area contributed by atoms with Crippen molar-refractivity contribution in [3.8, 4) is 11.5 Å². The van der Waals surface area contributed by atoms with Gasteiger partial charge in [0.25, 0.3) is 5.56 Å². The van der Waals surface area contributed by atoms with Crippen LogP contribution in [0.3, 0.4) is 0 Å². The third kappa shape index (κ3) is 4.58. The highest BCUT2D eigenvalue weighted by Crippen LogP contribution is 2.32. The number of ether oxygens (including phenoxy) is 2. The Morgan fingerprint density at radius 2 is 1.88 bits per heavy atom. The van der Waals surface area contributed by atoms with Gasteiger partial charge in [-0.1, -0.05) is 6.07 Å². The van der Waals surface area contributed by atoms with Crippen LogP contribution < -0.4 is 15.0 Å². The molecule has 2 aromatic heterocycles. The lowest BCUT2D eigenvalue weighted by Crippen LogP contribution is -2.47. The van der Waals surface area contributed by atoms with Crippen LogP contribution in [0.1, 0.15) is 18.4 Å². The number of hydrogen-bond acceptors (Lipinski definition) is 7. The predicted octanol–water partition coefficient (Wildman–Crippen LogP) is 2.68. The first-order chi connectivity index (χ1) is 16.6. The van der Waals surface area contributed by atoms with Crippen molar-refractivity contribution in [1.29, 1.82) is 0 Å². The number of carboxylic acid groups (broad SMARTS) is 1. The predicted molar refractivity (Wildman–Crippen MR) is 124 cm³/mol. The number of pyridine rings is 1. The summed E-state index contributed by atoms with van der Waals surface area (Å²) in [6.45, 7) is 3.06. The van der Waals surface area contributed by atoms with Crippen LogP contribution in [0.15, 0.2) is 60.2 Å². The minimum absolute atomic E-state index is 0.0719. The van der Waals surface area contributed by atoms with Gasteiger partial charge in [-0.3, -0.25) is 9.78 Å². The van der Waals surface area contributed by atoms with E-state index in [0.29, 0.717) is 30.1 Å². The van der Waals surface area contributed by atoms with E-state index in [1.807, 2.05) is 12.1 Å². The second kappa shape index (κ2) is 9.52. The molecule has 1 aromatic carbocycles. The van der Waals surface area contributed by atoms with Gasteiger partial charge in [0, 0.05) is 45.0 Å². The Bertz CT molecular complexity index is 1280. The number of carbonyl (C=O) groups is 1. The van der Waals surface area contributed by atoms with Crippen LogP contribution in [-0.4, -0.2) is 61.2 Å². The molecule has 1 amide bonds. The second-order valence-corrected chi connectivity index (χ2v) is 8.38. The van der Waals surface area contributed by atoms with E-state index in [1.165, 1.54) is 23.6 Å². The number of fused-ring (bicyclic) bond motifs is 2. The van der Waals surface area contributed by atoms with E-state index < -0.39 is 6.09 Å². The second-order valence-electron chi connectivity index (χ2n) is 8.38. The fourth-order valence-electron chi connectivity index (χ4n) is 4.54. The molecule has 176 valence electrons. The summed E-state index contributed by atoms with van der Waals surface area (Å²) in [5, 5.41) is 9.87. The van der Waals surface area contributed by atoms with Gasteiger partial charge in [0.1, 0.15) is 18.0 Å². The molecule has 5 rings (SSSR count). The molecule has 0 saturated carbocycles. The van der Waals surface area contributed by atoms with Crippen molar-refractivity contribution in [2.45, 2.75) is 32.0 Å². The lowest BCUT2D eigenvalue weighted by atomic mass is 10.0. The summed E-state index contributed by atoms with van der Waals surface area (Å²) in [6, 6.07) is 7.19. The van der Waals surface area contributed by atoms with E-state index in [-0.39, 0.29) is 18.1 Å². The summed E-state index contributed by atoms with van der Waals surface area (Å²) >= 11 is 0. The van der Waals surface area contributed by atoms with Crippen molar-refractivity contribution in [2.75, 3.05) is 19.6 Å². The molecule has 10 heteroatoms. The van der Waals surface area contributed by atoms with Crippen LogP contribution >= 0.6 is 0 Å². The van der Waals surface area contributed by atoms with E-state index in [4.69, 9.17) is 9.47 Å². The summed E-state index contributed by atoms with van der Waals surface area (Å²) in [6.07, 6.45) is 8.08. The molecular weight excluding hydrogens is 438 g/mol. The largest absolute Gasteiger partial charge is 0.465 e. The molecule has 2 aliphatic rings. The Hall–Kier alpha value is -3.92. The van der Waals surface area contributed by atoms with E-state index in [0.717, 1.165) is 37.0 Å². The van der Waals surface area contributed by atoms with Gasteiger partial charge < -0.3 is 28.9 Å². The summed E-state index contributed by atoms with van der Waals surface area (Å²) in [4.78, 5) is 36.4. The third-order valence-electron chi connectivity index (χ3n) is 6.34. The van der Waals surface area contributed by atoms with Crippen LogP contribution in [0, 0.1) is 0 Å². The number of aromatic nitrogens is 3. The Morgan fingerprint density at radius 1 is 1.09 bits per heavy atom. The Balaban J connectivity index is 1.20. The molecule has 0 unspecified atom stereocenters. The minimum atomic E-state index is -0.934. The van der Waals surface area contributed by atoms with Crippen molar-refractivity contribution < 1.29 is 19.4 Å². The van der Waals surface area contributed by atoms with Crippen molar-refractivity contribution in [3.05, 3.63) is 71.3 Å². The number of rotatable bonds is 6. The minimum Gasteiger partial charge on any atom is -0.465 e. The maximum Gasteiger partial charge on any atom is 0.407 e. The van der Waals surface area contributed by atoms with Crippen molar-refractivity contribution in [2.24, 2.45) is 0 Å². The van der Waals surface area contributed by atoms with E-state index in [9.17, 15) is 14.7 Å². The number of nitrogens with zero attached hydrogens (tertiary/aromatic N) is 5. The average Bonchev–Trinajstić information content (AvgIpc) is 2.87. The molecule has 2 aliphatic heterocycles. The summed E-state index contributed by atoms with van der Waals surface area (Å²) in [7, 11) is 0. The molecule has 0 bridgehead atoms. The number of likely N-dealkylation sites (tertiary alicyclic amines) is 1. The molecule has 0 atom stereocenters. The Morgan fingerprint density at radius 3 is 2.68 bits per heavy atom. The molecular formula is C24H25N5O5. The highest BCUT2D eigenvalue weighted by molar-refractivity contribution is 5.72. The SMILES string of the molecule is O=C(O)N(Cc1ccc2c(c1)OC=CO2)C1CCN(CCn2c(=O)cnc3cnccc32)CC1. The zero-order chi connectivity index (χ0) is 23.5. The summed E-state index contributed by atoms with van der Waals surface area (Å²) in [5.74, 6) is 1.19. The van der Waals surface area contributed by atoms with Gasteiger partial charge in [-0.05, 0) is 36.6 Å². The van der Waals surface area contributed by atoms with Crippen LogP contribution in [-0.2, 0) is 13.1 Å². The molecule has 1 fully saturated rings. The van der Waals surface area contributed by atoms with Gasteiger partial charge in [-0.15, -0.1) is 0 Å². The van der Waals surface area contributed by atoms with Gasteiger partial charge in [-0.2, -0.15) is 0 Å². The zero-order valence-corrected chi connectivity index (χ0v) is 18.5. The smallest absolute Gasteiger partial charge is 0.407 e. The van der Waals surface area contributed by atoms with Crippen molar-refractivity contribution in [3.63, 3.8) is 0 Å². The fourth-order valence-corrected chi connectivity index (χ4v) is 4.54. The van der Waals surface area contributed by atoms with Crippen LogP contribution in [0.5, 0.6) is 11.5 Å². The highest BCUT2D eigenvalue weighted by Gasteiger charge is 2.28. The number of benzene rings is 1. The third-order valence-corrected chi connectivity index (χ3v) is 6.34. The first-order valence-electron chi connectivity index (χ1n) is 11.2. The molecule has 1 N–H and O–H groups in total. The zero-order valence-electron chi connectivity index (χ0n) is 18.5. The average molecular weight is 463 g/mol. The first kappa shape index (κ1) is 21.9. The topological polar surface area (TPSA) is 110 Å². The van der Waals surface area contributed by atoms with Crippen LogP contribution in [0.2, 0.25) is 0 Å². The number of hydrogen-bond donors (Lipinski definition) is 1. The maximum atomic E-state index is 12.4. The maximum absolute atomic E-state index is 12.4. The first-order valence-corrected chi connectivity index (χ1v) is 11.2. The fraction of sp³-hybridized carbons (Fsp3) is 0.333. The molecule has 34 heavy (non-hydrogen) atoms. The standard InChI is InChI=1S/C24H25N5O5/c30-23-15-26-19-14-25-6-3-20(19)28(23)10-9-27-7-4-18(5-8-27)29(24(31)32)16-17-1-2-21-22(13-17)34-12-11-33-21/h1-3,6,11-15,18H,4-5,7-10,16H2,(H,31,32). The number of piperidine rings is 1. The van der Waals surface area contributed by atoms with Crippen LogP contribution in [0.4, 0.5) is 4.79 Å². The van der Waals surface area contributed by atoms with Crippen LogP contribution in [0.25, 0.3) is 11.0 Å². The molecule has 3 aromatic rings. The molecule has 0 radical (unpaired) electrons. The Labute approximate surface area is 195 Å². The molecule has 1 saturated heterocycles. The lowest BCUT2D eigenvalue weighted by molar-refractivity contribution is 0.0857. The van der Waals surface area contributed by atoms with E-state index in [1.54, 1.807) is 29.1 Å². The van der Waals surface area contributed by atoms with Gasteiger partial charge in [-0.25, -0.2) is 9.78 Å². The number of amides is 1. The normalized spacial score (nSPS) is 16.0. The van der Waals surface area contributed by atoms with Gasteiger partial charge in [0.05, 0.1) is 17.9 Å². The van der Waals surface area contributed by atoms with Gasteiger partial charge in [0.15, 0.2) is 11.5 Å². The highest BCUT2D eigenvalue weighted by atomic mass is 16.5.